The van der Waals surface area contributed by atoms with Gasteiger partial charge in [0.15, 0.2) is 0 Å². The summed E-state index contributed by atoms with van der Waals surface area (Å²) in [5.74, 6) is 1.44. The Kier molecular flexibility index (Phi) is 3.07. The van der Waals surface area contributed by atoms with Crippen molar-refractivity contribution in [1.29, 1.82) is 0 Å². The molecule has 6 heteroatoms. The number of nitrogens with zero attached hydrogens (tertiary/aromatic N) is 3. The van der Waals surface area contributed by atoms with E-state index in [4.69, 9.17) is 0 Å². The molecule has 0 radical (unpaired) electrons. The second kappa shape index (κ2) is 5.22. The van der Waals surface area contributed by atoms with Crippen LogP contribution in [0.4, 0.5) is 5.95 Å². The summed E-state index contributed by atoms with van der Waals surface area (Å²) in [6, 6.07) is 7.43. The van der Waals surface area contributed by atoms with Crippen LogP contribution in [0.2, 0.25) is 0 Å². The smallest absolute Gasteiger partial charge is 0.258 e. The lowest BCUT2D eigenvalue weighted by molar-refractivity contribution is 0.102. The molecule has 1 fully saturated rings. The van der Waals surface area contributed by atoms with Gasteiger partial charge in [-0.2, -0.15) is 4.98 Å². The second-order valence-electron chi connectivity index (χ2n) is 5.56. The maximum absolute atomic E-state index is 12.3. The lowest BCUT2D eigenvalue weighted by Gasteiger charge is -2.22. The molecule has 0 saturated heterocycles. The zero-order valence-corrected chi connectivity index (χ0v) is 11.9. The minimum absolute atomic E-state index is 0.218. The minimum Gasteiger partial charge on any atom is -0.289 e. The quantitative estimate of drug-likeness (QED) is 0.777. The zero-order chi connectivity index (χ0) is 14.9. The van der Waals surface area contributed by atoms with Gasteiger partial charge < -0.3 is 0 Å². The topological polar surface area (TPSA) is 83.6 Å². The summed E-state index contributed by atoms with van der Waals surface area (Å²) in [5, 5.41) is 11.7. The molecule has 0 unspecified atom stereocenters. The van der Waals surface area contributed by atoms with Crippen molar-refractivity contribution in [3.63, 3.8) is 0 Å². The molecule has 0 spiro atoms. The number of H-pyrrole nitrogens is 1. The molecular formula is C16H15N5O. The number of anilines is 1. The molecule has 1 aromatic carbocycles. The summed E-state index contributed by atoms with van der Waals surface area (Å²) >= 11 is 0. The molecule has 0 atom stereocenters. The Morgan fingerprint density at radius 2 is 2.14 bits per heavy atom. The Labute approximate surface area is 127 Å². The summed E-state index contributed by atoms with van der Waals surface area (Å²) in [4.78, 5) is 20.7. The number of aromatic amines is 1. The van der Waals surface area contributed by atoms with E-state index in [1.54, 1.807) is 18.5 Å². The van der Waals surface area contributed by atoms with Crippen LogP contribution >= 0.6 is 0 Å². The fraction of sp³-hybridized carbons (Fsp3) is 0.250. The number of pyridine rings is 1. The SMILES string of the molecule is O=C(Nc1n[nH]c(C2CCC2)n1)c1ccc2ccncc2c1. The van der Waals surface area contributed by atoms with Gasteiger partial charge >= 0.3 is 0 Å². The average molecular weight is 293 g/mol. The number of benzene rings is 1. The van der Waals surface area contributed by atoms with Crippen LogP contribution in [0, 0.1) is 0 Å². The van der Waals surface area contributed by atoms with E-state index in [-0.39, 0.29) is 5.91 Å². The molecule has 3 aromatic rings. The monoisotopic (exact) mass is 293 g/mol. The summed E-state index contributed by atoms with van der Waals surface area (Å²) < 4.78 is 0. The fourth-order valence-electron chi connectivity index (χ4n) is 2.59. The zero-order valence-electron chi connectivity index (χ0n) is 11.9. The molecule has 1 aliphatic rings. The van der Waals surface area contributed by atoms with Crippen molar-refractivity contribution in [2.24, 2.45) is 0 Å². The molecule has 0 bridgehead atoms. The standard InChI is InChI=1S/C16H15N5O/c22-15(12-5-4-10-6-7-17-9-13(10)8-12)19-16-18-14(20-21-16)11-2-1-3-11/h4-9,11H,1-3H2,(H2,18,19,20,21,22). The number of hydrogen-bond donors (Lipinski definition) is 2. The van der Waals surface area contributed by atoms with Crippen molar-refractivity contribution in [3.05, 3.63) is 48.0 Å². The van der Waals surface area contributed by atoms with Gasteiger partial charge in [-0.15, -0.1) is 5.10 Å². The molecule has 1 amide bonds. The number of fused-ring (bicyclic) bond motifs is 1. The van der Waals surface area contributed by atoms with Gasteiger partial charge in [0.05, 0.1) is 0 Å². The summed E-state index contributed by atoms with van der Waals surface area (Å²) in [6.45, 7) is 0. The number of aromatic nitrogens is 4. The Bertz CT molecular complexity index is 837. The van der Waals surface area contributed by atoms with Crippen molar-refractivity contribution >= 4 is 22.6 Å². The number of nitrogens with one attached hydrogen (secondary N) is 2. The maximum Gasteiger partial charge on any atom is 0.258 e. The summed E-state index contributed by atoms with van der Waals surface area (Å²) in [7, 11) is 0. The van der Waals surface area contributed by atoms with Crippen LogP contribution in [0.3, 0.4) is 0 Å². The highest BCUT2D eigenvalue weighted by Gasteiger charge is 2.23. The lowest BCUT2D eigenvalue weighted by atomic mass is 9.85. The van der Waals surface area contributed by atoms with Crippen LogP contribution in [0.25, 0.3) is 10.8 Å². The molecule has 22 heavy (non-hydrogen) atoms. The first kappa shape index (κ1) is 12.9. The Hall–Kier alpha value is -2.76. The molecule has 4 rings (SSSR count). The van der Waals surface area contributed by atoms with Crippen molar-refractivity contribution in [2.75, 3.05) is 5.32 Å². The van der Waals surface area contributed by atoms with Crippen LogP contribution in [0.15, 0.2) is 36.7 Å². The normalized spacial score (nSPS) is 14.7. The number of amides is 1. The molecule has 1 aliphatic carbocycles. The third-order valence-electron chi connectivity index (χ3n) is 4.12. The Morgan fingerprint density at radius 3 is 2.95 bits per heavy atom. The highest BCUT2D eigenvalue weighted by atomic mass is 16.1. The van der Waals surface area contributed by atoms with Crippen LogP contribution < -0.4 is 5.32 Å². The minimum atomic E-state index is -0.218. The number of rotatable bonds is 3. The van der Waals surface area contributed by atoms with Gasteiger partial charge in [0.25, 0.3) is 5.91 Å². The summed E-state index contributed by atoms with van der Waals surface area (Å²) in [5.41, 5.74) is 0.565. The van der Waals surface area contributed by atoms with Gasteiger partial charge in [-0.1, -0.05) is 12.5 Å². The molecule has 2 aromatic heterocycles. The molecule has 2 N–H and O–H groups in total. The molecule has 110 valence electrons. The Balaban J connectivity index is 1.53. The van der Waals surface area contributed by atoms with E-state index >= 15 is 0 Å². The van der Waals surface area contributed by atoms with E-state index in [0.29, 0.717) is 17.4 Å². The molecule has 2 heterocycles. The van der Waals surface area contributed by atoms with Crippen LogP contribution in [0.5, 0.6) is 0 Å². The van der Waals surface area contributed by atoms with Crippen molar-refractivity contribution < 1.29 is 4.79 Å². The predicted octanol–water partition coefficient (Wildman–Crippen LogP) is 2.87. The third-order valence-corrected chi connectivity index (χ3v) is 4.12. The van der Waals surface area contributed by atoms with Gasteiger partial charge in [-0.3, -0.25) is 20.2 Å². The molecule has 6 nitrogen and oxygen atoms in total. The molecule has 1 saturated carbocycles. The number of hydrogen-bond acceptors (Lipinski definition) is 4. The van der Waals surface area contributed by atoms with Gasteiger partial charge in [0, 0.05) is 29.3 Å². The van der Waals surface area contributed by atoms with Gasteiger partial charge in [0.1, 0.15) is 5.82 Å². The lowest BCUT2D eigenvalue weighted by Crippen LogP contribution is -2.13. The maximum atomic E-state index is 12.3. The first-order valence-corrected chi connectivity index (χ1v) is 7.37. The van der Waals surface area contributed by atoms with E-state index in [0.717, 1.165) is 29.4 Å². The largest absolute Gasteiger partial charge is 0.289 e. The van der Waals surface area contributed by atoms with E-state index in [1.165, 1.54) is 6.42 Å². The van der Waals surface area contributed by atoms with Gasteiger partial charge in [-0.25, -0.2) is 0 Å². The van der Waals surface area contributed by atoms with Gasteiger partial charge in [0.2, 0.25) is 5.95 Å². The van der Waals surface area contributed by atoms with E-state index in [9.17, 15) is 4.79 Å². The molecule has 0 aliphatic heterocycles. The predicted molar refractivity (Wildman–Crippen MR) is 82.7 cm³/mol. The van der Waals surface area contributed by atoms with E-state index in [1.807, 2.05) is 18.2 Å². The highest BCUT2D eigenvalue weighted by molar-refractivity contribution is 6.05. The van der Waals surface area contributed by atoms with E-state index < -0.39 is 0 Å². The van der Waals surface area contributed by atoms with Crippen LogP contribution in [-0.4, -0.2) is 26.1 Å². The average Bonchev–Trinajstić information content (AvgIpc) is 2.93. The van der Waals surface area contributed by atoms with Crippen molar-refractivity contribution in [1.82, 2.24) is 20.2 Å². The number of carbonyl (C=O) groups is 1. The van der Waals surface area contributed by atoms with Crippen LogP contribution in [-0.2, 0) is 0 Å². The number of carbonyl (C=O) groups excluding carboxylic acids is 1. The second-order valence-corrected chi connectivity index (χ2v) is 5.56. The Morgan fingerprint density at radius 1 is 1.23 bits per heavy atom. The molecular weight excluding hydrogens is 278 g/mol. The van der Waals surface area contributed by atoms with E-state index in [2.05, 4.69) is 25.5 Å². The highest BCUT2D eigenvalue weighted by Crippen LogP contribution is 2.34. The fourth-order valence-corrected chi connectivity index (χ4v) is 2.59. The third kappa shape index (κ3) is 2.32. The summed E-state index contributed by atoms with van der Waals surface area (Å²) in [6.07, 6.45) is 6.99. The van der Waals surface area contributed by atoms with Gasteiger partial charge in [-0.05, 0) is 36.4 Å². The first-order valence-electron chi connectivity index (χ1n) is 7.37. The van der Waals surface area contributed by atoms with Crippen LogP contribution in [0.1, 0.15) is 41.4 Å². The van der Waals surface area contributed by atoms with Crippen molar-refractivity contribution in [3.8, 4) is 0 Å². The van der Waals surface area contributed by atoms with Crippen molar-refractivity contribution in [2.45, 2.75) is 25.2 Å². The first-order chi connectivity index (χ1) is 10.8.